The Morgan fingerprint density at radius 3 is 2.76 bits per heavy atom. The minimum atomic E-state index is -0.125. The smallest absolute Gasteiger partial charge is 0.225 e. The lowest BCUT2D eigenvalue weighted by atomic mass is 10.1. The Labute approximate surface area is 103 Å². The first kappa shape index (κ1) is 12.4. The lowest BCUT2D eigenvalue weighted by molar-refractivity contribution is -0.129. The second-order valence-electron chi connectivity index (χ2n) is 5.78. The van der Waals surface area contributed by atoms with E-state index >= 15 is 0 Å². The Bertz CT molecular complexity index is 311. The van der Waals surface area contributed by atoms with Gasteiger partial charge in [-0.25, -0.2) is 0 Å². The van der Waals surface area contributed by atoms with Crippen LogP contribution in [0.4, 0.5) is 0 Å². The van der Waals surface area contributed by atoms with Gasteiger partial charge in [-0.15, -0.1) is 0 Å². The molecule has 0 spiro atoms. The summed E-state index contributed by atoms with van der Waals surface area (Å²) in [5.41, 5.74) is 0. The van der Waals surface area contributed by atoms with Gasteiger partial charge in [0.1, 0.15) is 0 Å². The highest BCUT2D eigenvalue weighted by molar-refractivity contribution is 5.89. The topological polar surface area (TPSA) is 49.4 Å². The summed E-state index contributed by atoms with van der Waals surface area (Å²) in [5, 5.41) is 2.96. The minimum Gasteiger partial charge on any atom is -0.356 e. The molecule has 0 aromatic rings. The van der Waals surface area contributed by atoms with E-state index in [4.69, 9.17) is 0 Å². The zero-order valence-corrected chi connectivity index (χ0v) is 10.7. The van der Waals surface area contributed by atoms with E-state index in [1.165, 1.54) is 12.8 Å². The zero-order chi connectivity index (χ0) is 12.4. The monoisotopic (exact) mass is 238 g/mol. The first-order valence-electron chi connectivity index (χ1n) is 6.61. The fourth-order valence-corrected chi connectivity index (χ4v) is 2.28. The number of nitrogens with one attached hydrogen (secondary N) is 1. The molecule has 0 radical (unpaired) electrons. The van der Waals surface area contributed by atoms with Crippen molar-refractivity contribution in [1.82, 2.24) is 10.2 Å². The predicted octanol–water partition coefficient (Wildman–Crippen LogP) is 1.02. The molecule has 96 valence electrons. The van der Waals surface area contributed by atoms with Gasteiger partial charge in [0.05, 0.1) is 5.92 Å². The van der Waals surface area contributed by atoms with E-state index in [1.54, 1.807) is 0 Å². The van der Waals surface area contributed by atoms with Gasteiger partial charge in [0.15, 0.2) is 0 Å². The van der Waals surface area contributed by atoms with Crippen molar-refractivity contribution in [3.63, 3.8) is 0 Å². The number of carbonyl (C=O) groups excluding carboxylic acids is 2. The first-order valence-corrected chi connectivity index (χ1v) is 6.61. The summed E-state index contributed by atoms with van der Waals surface area (Å²) >= 11 is 0. The van der Waals surface area contributed by atoms with E-state index < -0.39 is 0 Å². The van der Waals surface area contributed by atoms with E-state index in [2.05, 4.69) is 19.2 Å². The van der Waals surface area contributed by atoms with Gasteiger partial charge >= 0.3 is 0 Å². The maximum absolute atomic E-state index is 11.9. The second kappa shape index (κ2) is 5.07. The second-order valence-corrected chi connectivity index (χ2v) is 5.78. The summed E-state index contributed by atoms with van der Waals surface area (Å²) in [4.78, 5) is 25.4. The third-order valence-electron chi connectivity index (χ3n) is 3.43. The molecule has 0 bridgehead atoms. The van der Waals surface area contributed by atoms with Crippen LogP contribution in [0.15, 0.2) is 0 Å². The molecule has 4 heteroatoms. The van der Waals surface area contributed by atoms with E-state index in [0.717, 1.165) is 13.1 Å². The number of nitrogens with zero attached hydrogens (tertiary/aromatic N) is 1. The predicted molar refractivity (Wildman–Crippen MR) is 65.3 cm³/mol. The van der Waals surface area contributed by atoms with Crippen LogP contribution in [-0.2, 0) is 9.59 Å². The van der Waals surface area contributed by atoms with E-state index in [0.29, 0.717) is 24.8 Å². The molecule has 2 fully saturated rings. The summed E-state index contributed by atoms with van der Waals surface area (Å²) in [7, 11) is 0. The van der Waals surface area contributed by atoms with Crippen molar-refractivity contribution in [3.05, 3.63) is 0 Å². The van der Waals surface area contributed by atoms with Crippen molar-refractivity contribution in [2.75, 3.05) is 19.6 Å². The normalized spacial score (nSPS) is 24.5. The molecule has 4 nitrogen and oxygen atoms in total. The van der Waals surface area contributed by atoms with E-state index in [9.17, 15) is 9.59 Å². The SMILES string of the molecule is CC(C)CN1C[C@@H](C(=O)NCC2CC2)CC1=O. The number of hydrogen-bond donors (Lipinski definition) is 1. The lowest BCUT2D eigenvalue weighted by Crippen LogP contribution is -2.34. The molecule has 1 N–H and O–H groups in total. The van der Waals surface area contributed by atoms with Crippen LogP contribution in [0.3, 0.4) is 0 Å². The van der Waals surface area contributed by atoms with Crippen LogP contribution in [0.5, 0.6) is 0 Å². The van der Waals surface area contributed by atoms with Crippen molar-refractivity contribution in [3.8, 4) is 0 Å². The van der Waals surface area contributed by atoms with Crippen LogP contribution in [0.2, 0.25) is 0 Å². The van der Waals surface area contributed by atoms with Crippen LogP contribution in [0.1, 0.15) is 33.1 Å². The third kappa shape index (κ3) is 3.45. The van der Waals surface area contributed by atoms with Crippen LogP contribution >= 0.6 is 0 Å². The van der Waals surface area contributed by atoms with Crippen molar-refractivity contribution < 1.29 is 9.59 Å². The molecule has 0 unspecified atom stereocenters. The molecule has 0 aromatic carbocycles. The van der Waals surface area contributed by atoms with Gasteiger partial charge in [-0.1, -0.05) is 13.8 Å². The molecule has 1 aliphatic heterocycles. The summed E-state index contributed by atoms with van der Waals surface area (Å²) in [5.74, 6) is 1.23. The highest BCUT2D eigenvalue weighted by Crippen LogP contribution is 2.28. The van der Waals surface area contributed by atoms with Gasteiger partial charge in [0.25, 0.3) is 0 Å². The molecule has 1 saturated carbocycles. The van der Waals surface area contributed by atoms with Crippen LogP contribution in [-0.4, -0.2) is 36.3 Å². The molecule has 2 aliphatic rings. The van der Waals surface area contributed by atoms with Gasteiger partial charge in [0.2, 0.25) is 11.8 Å². The molecule has 17 heavy (non-hydrogen) atoms. The van der Waals surface area contributed by atoms with E-state index in [-0.39, 0.29) is 17.7 Å². The molecule has 1 heterocycles. The maximum atomic E-state index is 11.9. The highest BCUT2D eigenvalue weighted by atomic mass is 16.2. The first-order chi connectivity index (χ1) is 8.06. The molecule has 1 atom stereocenters. The number of amides is 2. The van der Waals surface area contributed by atoms with Crippen molar-refractivity contribution >= 4 is 11.8 Å². The zero-order valence-electron chi connectivity index (χ0n) is 10.7. The summed E-state index contributed by atoms with van der Waals surface area (Å²) in [6.07, 6.45) is 2.87. The Kier molecular flexibility index (Phi) is 3.69. The molecule has 2 amide bonds. The quantitative estimate of drug-likeness (QED) is 0.777. The molecule has 1 saturated heterocycles. The van der Waals surface area contributed by atoms with Crippen molar-refractivity contribution in [1.29, 1.82) is 0 Å². The average molecular weight is 238 g/mol. The largest absolute Gasteiger partial charge is 0.356 e. The van der Waals surface area contributed by atoms with Crippen LogP contribution in [0.25, 0.3) is 0 Å². The third-order valence-corrected chi connectivity index (χ3v) is 3.43. The molecule has 1 aliphatic carbocycles. The van der Waals surface area contributed by atoms with Crippen molar-refractivity contribution in [2.45, 2.75) is 33.1 Å². The number of likely N-dealkylation sites (tertiary alicyclic amines) is 1. The van der Waals surface area contributed by atoms with Gasteiger partial charge in [-0.3, -0.25) is 9.59 Å². The van der Waals surface area contributed by atoms with Crippen LogP contribution in [0, 0.1) is 17.8 Å². The van der Waals surface area contributed by atoms with E-state index in [1.807, 2.05) is 4.90 Å². The Morgan fingerprint density at radius 2 is 2.18 bits per heavy atom. The highest BCUT2D eigenvalue weighted by Gasteiger charge is 2.34. The minimum absolute atomic E-state index is 0.0662. The van der Waals surface area contributed by atoms with Gasteiger partial charge in [0, 0.05) is 26.1 Å². The molecule has 0 aromatic heterocycles. The summed E-state index contributed by atoms with van der Waals surface area (Å²) < 4.78 is 0. The Balaban J connectivity index is 1.78. The standard InChI is InChI=1S/C13H22N2O2/c1-9(2)7-15-8-11(5-12(15)16)13(17)14-6-10-3-4-10/h9-11H,3-8H2,1-2H3,(H,14,17)/t11-/m0/s1. The van der Waals surface area contributed by atoms with Crippen molar-refractivity contribution in [2.24, 2.45) is 17.8 Å². The number of hydrogen-bond acceptors (Lipinski definition) is 2. The lowest BCUT2D eigenvalue weighted by Gasteiger charge is -2.18. The number of carbonyl (C=O) groups is 2. The molecular formula is C13H22N2O2. The fourth-order valence-electron chi connectivity index (χ4n) is 2.28. The van der Waals surface area contributed by atoms with Gasteiger partial charge < -0.3 is 10.2 Å². The fraction of sp³-hybridized carbons (Fsp3) is 0.846. The average Bonchev–Trinajstić information content (AvgIpc) is 3.01. The number of rotatable bonds is 5. The summed E-state index contributed by atoms with van der Waals surface area (Å²) in [6.45, 7) is 6.36. The van der Waals surface area contributed by atoms with Gasteiger partial charge in [-0.2, -0.15) is 0 Å². The van der Waals surface area contributed by atoms with Gasteiger partial charge in [-0.05, 0) is 24.7 Å². The maximum Gasteiger partial charge on any atom is 0.225 e. The van der Waals surface area contributed by atoms with Crippen LogP contribution < -0.4 is 5.32 Å². The Morgan fingerprint density at radius 1 is 1.47 bits per heavy atom. The molecular weight excluding hydrogens is 216 g/mol. The molecule has 2 rings (SSSR count). The Hall–Kier alpha value is -1.06. The summed E-state index contributed by atoms with van der Waals surface area (Å²) in [6, 6.07) is 0.